The number of aryl methyl sites for hydroxylation is 1. The third-order valence-electron chi connectivity index (χ3n) is 3.29. The quantitative estimate of drug-likeness (QED) is 0.820. The van der Waals surface area contributed by atoms with Gasteiger partial charge in [-0.3, -0.25) is 9.69 Å². The highest BCUT2D eigenvalue weighted by atomic mass is 19.4. The number of nitrogens with zero attached hydrogens (tertiary/aromatic N) is 4. The molecule has 1 amide bonds. The van der Waals surface area contributed by atoms with Crippen molar-refractivity contribution in [3.05, 3.63) is 18.2 Å². The van der Waals surface area contributed by atoms with Gasteiger partial charge in [0.25, 0.3) is 5.91 Å². The fraction of sp³-hybridized carbons (Fsp3) is 0.667. The average molecular weight is 290 g/mol. The predicted octanol–water partition coefficient (Wildman–Crippen LogP) is 1.13. The zero-order valence-electron chi connectivity index (χ0n) is 11.2. The Balaban J connectivity index is 1.96. The van der Waals surface area contributed by atoms with Crippen LogP contribution in [0.3, 0.4) is 0 Å². The van der Waals surface area contributed by atoms with E-state index in [0.29, 0.717) is 31.9 Å². The molecule has 0 aliphatic carbocycles. The van der Waals surface area contributed by atoms with Crippen LogP contribution < -0.4 is 0 Å². The van der Waals surface area contributed by atoms with Crippen LogP contribution >= 0.6 is 0 Å². The summed E-state index contributed by atoms with van der Waals surface area (Å²) in [7, 11) is 1.72. The van der Waals surface area contributed by atoms with E-state index in [1.165, 1.54) is 11.1 Å². The lowest BCUT2D eigenvalue weighted by Crippen LogP contribution is -2.39. The number of aromatic nitrogens is 2. The van der Waals surface area contributed by atoms with Crippen molar-refractivity contribution in [1.82, 2.24) is 19.4 Å². The van der Waals surface area contributed by atoms with Crippen LogP contribution in [0.2, 0.25) is 0 Å². The topological polar surface area (TPSA) is 41.4 Å². The summed E-state index contributed by atoms with van der Waals surface area (Å²) in [5.41, 5.74) is 0. The monoisotopic (exact) mass is 290 g/mol. The maximum absolute atomic E-state index is 12.4. The normalized spacial score (nSPS) is 18.1. The molecule has 1 aromatic rings. The molecule has 1 fully saturated rings. The van der Waals surface area contributed by atoms with Crippen LogP contribution in [0.25, 0.3) is 0 Å². The van der Waals surface area contributed by atoms with Gasteiger partial charge in [-0.05, 0) is 6.42 Å². The smallest absolute Gasteiger partial charge is 0.335 e. The molecular formula is C12H17F3N4O. The van der Waals surface area contributed by atoms with Crippen molar-refractivity contribution in [2.75, 3.05) is 32.7 Å². The third kappa shape index (κ3) is 3.72. The van der Waals surface area contributed by atoms with E-state index in [2.05, 4.69) is 4.98 Å². The predicted molar refractivity (Wildman–Crippen MR) is 66.2 cm³/mol. The molecule has 1 aromatic heterocycles. The Morgan fingerprint density at radius 1 is 1.30 bits per heavy atom. The highest BCUT2D eigenvalue weighted by Gasteiger charge is 2.32. The summed E-state index contributed by atoms with van der Waals surface area (Å²) in [6.07, 6.45) is -0.465. The van der Waals surface area contributed by atoms with Crippen LogP contribution in [-0.4, -0.2) is 64.2 Å². The molecule has 2 rings (SSSR count). The van der Waals surface area contributed by atoms with Gasteiger partial charge in [0.1, 0.15) is 0 Å². The Bertz CT molecular complexity index is 472. The van der Waals surface area contributed by atoms with Gasteiger partial charge in [0.15, 0.2) is 5.82 Å². The SMILES string of the molecule is Cn1ccnc1C(=O)N1CCCN(CC(F)(F)F)CC1. The first kappa shape index (κ1) is 14.8. The molecule has 5 nitrogen and oxygen atoms in total. The molecule has 2 heterocycles. The van der Waals surface area contributed by atoms with Crippen LogP contribution in [0.1, 0.15) is 17.0 Å². The fourth-order valence-corrected chi connectivity index (χ4v) is 2.30. The van der Waals surface area contributed by atoms with E-state index in [4.69, 9.17) is 0 Å². The van der Waals surface area contributed by atoms with E-state index in [0.717, 1.165) is 0 Å². The molecule has 0 saturated carbocycles. The Kier molecular flexibility index (Phi) is 4.32. The molecule has 1 aliphatic heterocycles. The van der Waals surface area contributed by atoms with Crippen LogP contribution in [0.15, 0.2) is 12.4 Å². The lowest BCUT2D eigenvalue weighted by Gasteiger charge is -2.22. The number of hydrogen-bond acceptors (Lipinski definition) is 3. The summed E-state index contributed by atoms with van der Waals surface area (Å²) in [4.78, 5) is 19.1. The van der Waals surface area contributed by atoms with Crippen molar-refractivity contribution in [3.63, 3.8) is 0 Å². The van der Waals surface area contributed by atoms with Crippen molar-refractivity contribution in [2.24, 2.45) is 7.05 Å². The van der Waals surface area contributed by atoms with Crippen molar-refractivity contribution < 1.29 is 18.0 Å². The molecule has 112 valence electrons. The van der Waals surface area contributed by atoms with Crippen LogP contribution in [0.4, 0.5) is 13.2 Å². The summed E-state index contributed by atoms with van der Waals surface area (Å²) < 4.78 is 38.7. The number of halogens is 3. The second-order valence-electron chi connectivity index (χ2n) is 4.90. The zero-order valence-corrected chi connectivity index (χ0v) is 11.2. The van der Waals surface area contributed by atoms with Crippen LogP contribution in [-0.2, 0) is 7.05 Å². The Hall–Kier alpha value is -1.57. The molecule has 0 atom stereocenters. The standard InChI is InChI=1S/C12H17F3N4O/c1-17-6-3-16-10(17)11(20)19-5-2-4-18(7-8-19)9-12(13,14)15/h3,6H,2,4-5,7-9H2,1H3. The molecule has 20 heavy (non-hydrogen) atoms. The summed E-state index contributed by atoms with van der Waals surface area (Å²) in [5, 5.41) is 0. The maximum Gasteiger partial charge on any atom is 0.401 e. The Morgan fingerprint density at radius 3 is 2.65 bits per heavy atom. The molecule has 0 bridgehead atoms. The first-order valence-corrected chi connectivity index (χ1v) is 6.42. The van der Waals surface area contributed by atoms with Crippen LogP contribution in [0, 0.1) is 0 Å². The second-order valence-corrected chi connectivity index (χ2v) is 4.90. The molecule has 0 aromatic carbocycles. The minimum absolute atomic E-state index is 0.230. The first-order chi connectivity index (χ1) is 9.37. The van der Waals surface area contributed by atoms with Crippen LogP contribution in [0.5, 0.6) is 0 Å². The van der Waals surface area contributed by atoms with Gasteiger partial charge >= 0.3 is 6.18 Å². The molecule has 1 saturated heterocycles. The van der Waals surface area contributed by atoms with Gasteiger partial charge in [-0.1, -0.05) is 0 Å². The van der Waals surface area contributed by atoms with Gasteiger partial charge in [0.05, 0.1) is 6.54 Å². The van der Waals surface area contributed by atoms with E-state index in [1.54, 1.807) is 22.7 Å². The second kappa shape index (κ2) is 5.82. The van der Waals surface area contributed by atoms with Gasteiger partial charge < -0.3 is 9.47 Å². The van der Waals surface area contributed by atoms with Gasteiger partial charge in [-0.2, -0.15) is 13.2 Å². The Morgan fingerprint density at radius 2 is 2.05 bits per heavy atom. The fourth-order valence-electron chi connectivity index (χ4n) is 2.30. The maximum atomic E-state index is 12.4. The molecule has 8 heteroatoms. The van der Waals surface area contributed by atoms with Crippen molar-refractivity contribution in [2.45, 2.75) is 12.6 Å². The van der Waals surface area contributed by atoms with E-state index in [-0.39, 0.29) is 12.5 Å². The number of rotatable bonds is 2. The Labute approximate surface area is 115 Å². The lowest BCUT2D eigenvalue weighted by molar-refractivity contribution is -0.145. The minimum Gasteiger partial charge on any atom is -0.335 e. The third-order valence-corrected chi connectivity index (χ3v) is 3.29. The highest BCUT2D eigenvalue weighted by molar-refractivity contribution is 5.90. The van der Waals surface area contributed by atoms with Gasteiger partial charge in [0, 0.05) is 45.6 Å². The van der Waals surface area contributed by atoms with Crippen molar-refractivity contribution >= 4 is 5.91 Å². The molecular weight excluding hydrogens is 273 g/mol. The van der Waals surface area contributed by atoms with Gasteiger partial charge in [0.2, 0.25) is 0 Å². The van der Waals surface area contributed by atoms with E-state index in [1.807, 2.05) is 0 Å². The van der Waals surface area contributed by atoms with Crippen molar-refractivity contribution in [3.8, 4) is 0 Å². The van der Waals surface area contributed by atoms with Crippen molar-refractivity contribution in [1.29, 1.82) is 0 Å². The highest BCUT2D eigenvalue weighted by Crippen LogP contribution is 2.18. The summed E-state index contributed by atoms with van der Waals surface area (Å²) in [6, 6.07) is 0. The molecule has 0 spiro atoms. The summed E-state index contributed by atoms with van der Waals surface area (Å²) in [6.45, 7) is 0.415. The first-order valence-electron chi connectivity index (χ1n) is 6.42. The van der Waals surface area contributed by atoms with Gasteiger partial charge in [-0.15, -0.1) is 0 Å². The number of carbonyl (C=O) groups excluding carboxylic acids is 1. The minimum atomic E-state index is -4.20. The molecule has 0 radical (unpaired) electrons. The molecule has 1 aliphatic rings. The number of amides is 1. The molecule has 0 unspecified atom stereocenters. The number of alkyl halides is 3. The molecule has 0 N–H and O–H groups in total. The van der Waals surface area contributed by atoms with E-state index in [9.17, 15) is 18.0 Å². The lowest BCUT2D eigenvalue weighted by atomic mass is 10.3. The number of hydrogen-bond donors (Lipinski definition) is 0. The zero-order chi connectivity index (χ0) is 14.8. The summed E-state index contributed by atoms with van der Waals surface area (Å²) >= 11 is 0. The van der Waals surface area contributed by atoms with Gasteiger partial charge in [-0.25, -0.2) is 4.98 Å². The summed E-state index contributed by atoms with van der Waals surface area (Å²) in [5.74, 6) is 0.0839. The average Bonchev–Trinajstić information content (AvgIpc) is 2.63. The van der Waals surface area contributed by atoms with E-state index >= 15 is 0 Å². The number of carbonyl (C=O) groups is 1. The largest absolute Gasteiger partial charge is 0.401 e. The number of imidazole rings is 1. The van der Waals surface area contributed by atoms with E-state index < -0.39 is 12.7 Å².